The van der Waals surface area contributed by atoms with Crippen LogP contribution in [0.2, 0.25) is 0 Å². The topological polar surface area (TPSA) is 84.9 Å². The second kappa shape index (κ2) is 8.73. The predicted octanol–water partition coefficient (Wildman–Crippen LogP) is 2.41. The Balaban J connectivity index is 1.88. The maximum absolute atomic E-state index is 12.2. The molecular formula is C19H21NO5. The Morgan fingerprint density at radius 1 is 1.12 bits per heavy atom. The number of benzene rings is 2. The van der Waals surface area contributed by atoms with E-state index >= 15 is 0 Å². The summed E-state index contributed by atoms with van der Waals surface area (Å²) in [7, 11) is 1.58. The Bertz CT molecular complexity index is 727. The summed E-state index contributed by atoms with van der Waals surface area (Å²) in [5.41, 5.74) is 1.55. The largest absolute Gasteiger partial charge is 0.496 e. The molecule has 0 aliphatic heterocycles. The highest BCUT2D eigenvalue weighted by Gasteiger charge is 2.15. The molecule has 132 valence electrons. The van der Waals surface area contributed by atoms with E-state index in [-0.39, 0.29) is 12.3 Å². The van der Waals surface area contributed by atoms with E-state index in [1.165, 1.54) is 0 Å². The van der Waals surface area contributed by atoms with Gasteiger partial charge in [-0.05, 0) is 30.7 Å². The Labute approximate surface area is 146 Å². The molecule has 1 atom stereocenters. The molecule has 0 aromatic heterocycles. The molecule has 6 nitrogen and oxygen atoms in total. The van der Waals surface area contributed by atoms with Gasteiger partial charge in [-0.2, -0.15) is 0 Å². The SMILES string of the molecule is COc1ccccc1CNC(=O)[C@@H](C)Oc1ccc(CC(=O)O)cc1. The van der Waals surface area contributed by atoms with E-state index in [0.29, 0.717) is 23.6 Å². The van der Waals surface area contributed by atoms with E-state index < -0.39 is 12.1 Å². The minimum Gasteiger partial charge on any atom is -0.496 e. The Hall–Kier alpha value is -3.02. The van der Waals surface area contributed by atoms with Gasteiger partial charge in [0, 0.05) is 12.1 Å². The minimum absolute atomic E-state index is 0.0464. The quantitative estimate of drug-likeness (QED) is 0.769. The van der Waals surface area contributed by atoms with Crippen LogP contribution in [0.5, 0.6) is 11.5 Å². The molecule has 2 aromatic rings. The standard InChI is InChI=1S/C19H21NO5/c1-13(25-16-9-7-14(8-10-16)11-18(21)22)19(23)20-12-15-5-3-4-6-17(15)24-2/h3-10,13H,11-12H2,1-2H3,(H,20,23)(H,21,22)/t13-/m1/s1. The fourth-order valence-corrected chi connectivity index (χ4v) is 2.29. The van der Waals surface area contributed by atoms with Crippen molar-refractivity contribution >= 4 is 11.9 Å². The number of rotatable bonds is 8. The second-order valence-corrected chi connectivity index (χ2v) is 5.50. The molecule has 0 spiro atoms. The lowest BCUT2D eigenvalue weighted by atomic mass is 10.1. The summed E-state index contributed by atoms with van der Waals surface area (Å²) in [5.74, 6) is 0.0812. The van der Waals surface area contributed by atoms with Gasteiger partial charge >= 0.3 is 5.97 Å². The van der Waals surface area contributed by atoms with Crippen LogP contribution >= 0.6 is 0 Å². The summed E-state index contributed by atoms with van der Waals surface area (Å²) in [6.07, 6.45) is -0.727. The maximum Gasteiger partial charge on any atom is 0.307 e. The molecule has 6 heteroatoms. The van der Waals surface area contributed by atoms with E-state index in [1.54, 1.807) is 38.3 Å². The zero-order valence-electron chi connectivity index (χ0n) is 14.2. The van der Waals surface area contributed by atoms with Gasteiger partial charge in [0.2, 0.25) is 0 Å². The molecule has 0 fully saturated rings. The van der Waals surface area contributed by atoms with Crippen LogP contribution in [-0.2, 0) is 22.6 Å². The van der Waals surface area contributed by atoms with Crippen molar-refractivity contribution in [2.45, 2.75) is 26.0 Å². The molecule has 2 rings (SSSR count). The highest BCUT2D eigenvalue weighted by atomic mass is 16.5. The first-order valence-corrected chi connectivity index (χ1v) is 7.86. The third-order valence-corrected chi connectivity index (χ3v) is 3.61. The predicted molar refractivity (Wildman–Crippen MR) is 92.7 cm³/mol. The van der Waals surface area contributed by atoms with Gasteiger partial charge in [0.05, 0.1) is 13.5 Å². The molecule has 0 radical (unpaired) electrons. The van der Waals surface area contributed by atoms with Crippen LogP contribution < -0.4 is 14.8 Å². The summed E-state index contributed by atoms with van der Waals surface area (Å²) < 4.78 is 10.8. The highest BCUT2D eigenvalue weighted by molar-refractivity contribution is 5.80. The fourth-order valence-electron chi connectivity index (χ4n) is 2.29. The lowest BCUT2D eigenvalue weighted by Gasteiger charge is -2.16. The smallest absolute Gasteiger partial charge is 0.307 e. The number of carboxylic acids is 1. The zero-order valence-corrected chi connectivity index (χ0v) is 14.2. The summed E-state index contributed by atoms with van der Waals surface area (Å²) in [6.45, 7) is 2.00. The van der Waals surface area contributed by atoms with E-state index in [4.69, 9.17) is 14.6 Å². The molecule has 25 heavy (non-hydrogen) atoms. The summed E-state index contributed by atoms with van der Waals surface area (Å²) in [5, 5.41) is 11.6. The molecule has 2 aromatic carbocycles. The number of para-hydroxylation sites is 1. The fraction of sp³-hybridized carbons (Fsp3) is 0.263. The van der Waals surface area contributed by atoms with Crippen LogP contribution in [0.3, 0.4) is 0 Å². The van der Waals surface area contributed by atoms with Crippen molar-refractivity contribution in [3.8, 4) is 11.5 Å². The van der Waals surface area contributed by atoms with Crippen molar-refractivity contribution in [2.24, 2.45) is 0 Å². The van der Waals surface area contributed by atoms with Gasteiger partial charge < -0.3 is 19.9 Å². The molecule has 0 aliphatic rings. The van der Waals surface area contributed by atoms with Crippen LogP contribution in [0.4, 0.5) is 0 Å². The third-order valence-electron chi connectivity index (χ3n) is 3.61. The Morgan fingerprint density at radius 3 is 2.44 bits per heavy atom. The van der Waals surface area contributed by atoms with Gasteiger partial charge in [-0.15, -0.1) is 0 Å². The number of carboxylic acid groups (broad SMARTS) is 1. The van der Waals surface area contributed by atoms with E-state index in [2.05, 4.69) is 5.32 Å². The molecule has 0 bridgehead atoms. The summed E-state index contributed by atoms with van der Waals surface area (Å²) in [6, 6.07) is 14.1. The van der Waals surface area contributed by atoms with Gasteiger partial charge in [-0.3, -0.25) is 9.59 Å². The number of methoxy groups -OCH3 is 1. The number of hydrogen-bond acceptors (Lipinski definition) is 4. The molecule has 0 unspecified atom stereocenters. The van der Waals surface area contributed by atoms with Crippen molar-refractivity contribution in [3.63, 3.8) is 0 Å². The molecular weight excluding hydrogens is 322 g/mol. The van der Waals surface area contributed by atoms with Crippen molar-refractivity contribution < 1.29 is 24.2 Å². The Morgan fingerprint density at radius 2 is 1.80 bits per heavy atom. The van der Waals surface area contributed by atoms with Crippen LogP contribution in [0, 0.1) is 0 Å². The van der Waals surface area contributed by atoms with Gasteiger partial charge in [0.15, 0.2) is 6.10 Å². The molecule has 2 N–H and O–H groups in total. The van der Waals surface area contributed by atoms with Gasteiger partial charge in [-0.25, -0.2) is 0 Å². The summed E-state index contributed by atoms with van der Waals surface area (Å²) >= 11 is 0. The van der Waals surface area contributed by atoms with Crippen LogP contribution in [0.25, 0.3) is 0 Å². The van der Waals surface area contributed by atoms with E-state index in [1.807, 2.05) is 24.3 Å². The lowest BCUT2D eigenvalue weighted by Crippen LogP contribution is -2.35. The molecule has 1 amide bonds. The first-order valence-electron chi connectivity index (χ1n) is 7.86. The maximum atomic E-state index is 12.2. The first-order chi connectivity index (χ1) is 12.0. The Kier molecular flexibility index (Phi) is 6.39. The van der Waals surface area contributed by atoms with Crippen molar-refractivity contribution in [3.05, 3.63) is 59.7 Å². The van der Waals surface area contributed by atoms with Crippen molar-refractivity contribution in [2.75, 3.05) is 7.11 Å². The molecule has 0 aliphatic carbocycles. The minimum atomic E-state index is -0.891. The lowest BCUT2D eigenvalue weighted by molar-refractivity contribution is -0.136. The normalized spacial score (nSPS) is 11.4. The van der Waals surface area contributed by atoms with E-state index in [9.17, 15) is 9.59 Å². The van der Waals surface area contributed by atoms with Crippen LogP contribution in [-0.4, -0.2) is 30.2 Å². The number of nitrogens with one attached hydrogen (secondary N) is 1. The number of hydrogen-bond donors (Lipinski definition) is 2. The van der Waals surface area contributed by atoms with Gasteiger partial charge in [0.25, 0.3) is 5.91 Å². The highest BCUT2D eigenvalue weighted by Crippen LogP contribution is 2.17. The van der Waals surface area contributed by atoms with Gasteiger partial charge in [0.1, 0.15) is 11.5 Å². The molecule has 0 heterocycles. The molecule has 0 saturated carbocycles. The monoisotopic (exact) mass is 343 g/mol. The number of ether oxygens (including phenoxy) is 2. The first kappa shape index (κ1) is 18.3. The average molecular weight is 343 g/mol. The van der Waals surface area contributed by atoms with Gasteiger partial charge in [-0.1, -0.05) is 30.3 Å². The third kappa shape index (κ3) is 5.53. The van der Waals surface area contributed by atoms with E-state index in [0.717, 1.165) is 5.56 Å². The van der Waals surface area contributed by atoms with Crippen molar-refractivity contribution in [1.29, 1.82) is 0 Å². The zero-order chi connectivity index (χ0) is 18.2. The van der Waals surface area contributed by atoms with Crippen LogP contribution in [0.15, 0.2) is 48.5 Å². The average Bonchev–Trinajstić information content (AvgIpc) is 2.61. The molecule has 0 saturated heterocycles. The number of aliphatic carboxylic acids is 1. The van der Waals surface area contributed by atoms with Crippen molar-refractivity contribution in [1.82, 2.24) is 5.32 Å². The number of carbonyl (C=O) groups excluding carboxylic acids is 1. The van der Waals surface area contributed by atoms with Crippen LogP contribution in [0.1, 0.15) is 18.1 Å². The second-order valence-electron chi connectivity index (χ2n) is 5.50. The number of amides is 1. The summed E-state index contributed by atoms with van der Waals surface area (Å²) in [4.78, 5) is 22.8. The number of carbonyl (C=O) groups is 2.